The number of nitrogens with zero attached hydrogens (tertiary/aromatic N) is 1. The van der Waals surface area contributed by atoms with Gasteiger partial charge in [0.15, 0.2) is 11.6 Å². The lowest BCUT2D eigenvalue weighted by molar-refractivity contribution is 0.437. The van der Waals surface area contributed by atoms with E-state index in [1.165, 1.54) is 10.4 Å². The number of aryl methyl sites for hydroxylation is 1. The molecule has 0 unspecified atom stereocenters. The third kappa shape index (κ3) is 2.59. The first-order valence-electron chi connectivity index (χ1n) is 6.98. The molecule has 0 aliphatic heterocycles. The van der Waals surface area contributed by atoms with E-state index < -0.39 is 0 Å². The highest BCUT2D eigenvalue weighted by Crippen LogP contribution is 2.39. The lowest BCUT2D eigenvalue weighted by atomic mass is 9.98. The van der Waals surface area contributed by atoms with Crippen LogP contribution < -0.4 is 5.73 Å². The van der Waals surface area contributed by atoms with Gasteiger partial charge in [0.1, 0.15) is 0 Å². The molecular formula is C17H18N2OS. The summed E-state index contributed by atoms with van der Waals surface area (Å²) in [5.41, 5.74) is 9.25. The van der Waals surface area contributed by atoms with E-state index in [0.29, 0.717) is 11.7 Å². The summed E-state index contributed by atoms with van der Waals surface area (Å²) in [6.07, 6.45) is 0. The van der Waals surface area contributed by atoms with E-state index in [0.717, 1.165) is 21.8 Å². The smallest absolute Gasteiger partial charge is 0.186 e. The molecule has 0 fully saturated rings. The molecule has 0 amide bonds. The van der Waals surface area contributed by atoms with E-state index in [-0.39, 0.29) is 0 Å². The Labute approximate surface area is 128 Å². The zero-order valence-electron chi connectivity index (χ0n) is 12.4. The number of nitrogens with two attached hydrogens (primary N) is 1. The van der Waals surface area contributed by atoms with Crippen LogP contribution in [0.2, 0.25) is 0 Å². The summed E-state index contributed by atoms with van der Waals surface area (Å²) < 4.78 is 5.46. The summed E-state index contributed by atoms with van der Waals surface area (Å²) in [5.74, 6) is 1.70. The molecule has 3 nitrogen and oxygen atoms in total. The number of hydrogen-bond acceptors (Lipinski definition) is 4. The van der Waals surface area contributed by atoms with Crippen molar-refractivity contribution in [2.45, 2.75) is 26.7 Å². The monoisotopic (exact) mass is 298 g/mol. The molecule has 0 atom stereocenters. The topological polar surface area (TPSA) is 52.0 Å². The number of nitrogen functional groups attached to an aromatic ring is 1. The molecule has 0 saturated heterocycles. The van der Waals surface area contributed by atoms with Crippen LogP contribution in [0, 0.1) is 6.92 Å². The van der Waals surface area contributed by atoms with Crippen molar-refractivity contribution in [3.63, 3.8) is 0 Å². The number of thiophene rings is 1. The van der Waals surface area contributed by atoms with E-state index in [1.54, 1.807) is 11.3 Å². The molecule has 3 rings (SSSR count). The maximum absolute atomic E-state index is 6.02. The predicted molar refractivity (Wildman–Crippen MR) is 88.5 cm³/mol. The third-order valence-corrected chi connectivity index (χ3v) is 4.55. The van der Waals surface area contributed by atoms with Crippen molar-refractivity contribution in [2.24, 2.45) is 0 Å². The molecular weight excluding hydrogens is 280 g/mol. The van der Waals surface area contributed by atoms with Gasteiger partial charge >= 0.3 is 0 Å². The number of anilines is 1. The summed E-state index contributed by atoms with van der Waals surface area (Å²) in [6, 6.07) is 12.6. The number of aromatic nitrogens is 1. The highest BCUT2D eigenvalue weighted by Gasteiger charge is 2.18. The van der Waals surface area contributed by atoms with Gasteiger partial charge in [-0.15, -0.1) is 11.3 Å². The fraction of sp³-hybridized carbons (Fsp3) is 0.235. The van der Waals surface area contributed by atoms with E-state index in [9.17, 15) is 0 Å². The van der Waals surface area contributed by atoms with Crippen LogP contribution in [0.3, 0.4) is 0 Å². The van der Waals surface area contributed by atoms with Gasteiger partial charge in [0.05, 0.1) is 10.4 Å². The zero-order valence-corrected chi connectivity index (χ0v) is 13.2. The van der Waals surface area contributed by atoms with Crippen LogP contribution in [0.25, 0.3) is 21.8 Å². The molecule has 2 N–H and O–H groups in total. The fourth-order valence-corrected chi connectivity index (χ4v) is 3.19. The van der Waals surface area contributed by atoms with Gasteiger partial charge in [-0.05, 0) is 36.1 Å². The largest absolute Gasteiger partial charge is 0.380 e. The first-order valence-corrected chi connectivity index (χ1v) is 7.80. The third-order valence-electron chi connectivity index (χ3n) is 3.55. The molecule has 1 aromatic carbocycles. The van der Waals surface area contributed by atoms with E-state index in [1.807, 2.05) is 6.07 Å². The van der Waals surface area contributed by atoms with Gasteiger partial charge < -0.3 is 10.3 Å². The second-order valence-corrected chi connectivity index (χ2v) is 6.75. The van der Waals surface area contributed by atoms with Gasteiger partial charge in [0, 0.05) is 4.88 Å². The van der Waals surface area contributed by atoms with Crippen molar-refractivity contribution in [3.05, 3.63) is 46.8 Å². The van der Waals surface area contributed by atoms with Gasteiger partial charge in [0.25, 0.3) is 0 Å². The van der Waals surface area contributed by atoms with Gasteiger partial charge in [0.2, 0.25) is 0 Å². The first kappa shape index (κ1) is 13.9. The van der Waals surface area contributed by atoms with Crippen molar-refractivity contribution in [1.82, 2.24) is 5.16 Å². The fourth-order valence-electron chi connectivity index (χ4n) is 2.34. The summed E-state index contributed by atoms with van der Waals surface area (Å²) in [5, 5.41) is 3.95. The van der Waals surface area contributed by atoms with Crippen LogP contribution in [0.4, 0.5) is 5.82 Å². The lowest BCUT2D eigenvalue weighted by Crippen LogP contribution is -1.90. The normalized spacial score (nSPS) is 11.2. The number of hydrogen-bond donors (Lipinski definition) is 1. The van der Waals surface area contributed by atoms with Crippen molar-refractivity contribution >= 4 is 17.2 Å². The summed E-state index contributed by atoms with van der Waals surface area (Å²) in [4.78, 5) is 2.29. The molecule has 3 aromatic rings. The highest BCUT2D eigenvalue weighted by atomic mass is 32.1. The Kier molecular flexibility index (Phi) is 3.55. The Hall–Kier alpha value is -2.07. The first-order chi connectivity index (χ1) is 10.1. The van der Waals surface area contributed by atoms with Crippen LogP contribution in [0.15, 0.2) is 40.9 Å². The predicted octanol–water partition coefficient (Wildman–Crippen LogP) is 5.08. The van der Waals surface area contributed by atoms with E-state index >= 15 is 0 Å². The molecule has 0 aliphatic carbocycles. The number of rotatable bonds is 3. The van der Waals surface area contributed by atoms with Crippen LogP contribution in [0.1, 0.15) is 30.2 Å². The Morgan fingerprint density at radius 2 is 1.81 bits per heavy atom. The van der Waals surface area contributed by atoms with Gasteiger partial charge in [-0.1, -0.05) is 43.3 Å². The maximum Gasteiger partial charge on any atom is 0.186 e. The molecule has 0 aliphatic rings. The standard InChI is InChI=1S/C17H18N2OS/c1-10(2)12-5-7-13(8-6-12)15-16(20-19-17(15)18)14-9-4-11(3)21-14/h4-10H,1-3H3,(H2,18,19). The molecule has 0 spiro atoms. The minimum Gasteiger partial charge on any atom is -0.380 e. The van der Waals surface area contributed by atoms with E-state index in [2.05, 4.69) is 56.3 Å². The second kappa shape index (κ2) is 5.37. The van der Waals surface area contributed by atoms with Crippen LogP contribution >= 0.6 is 11.3 Å². The van der Waals surface area contributed by atoms with Crippen molar-refractivity contribution < 1.29 is 4.52 Å². The molecule has 4 heteroatoms. The molecule has 2 heterocycles. The maximum atomic E-state index is 6.02. The van der Waals surface area contributed by atoms with Crippen molar-refractivity contribution in [2.75, 3.05) is 5.73 Å². The quantitative estimate of drug-likeness (QED) is 0.733. The van der Waals surface area contributed by atoms with Crippen LogP contribution in [-0.2, 0) is 0 Å². The van der Waals surface area contributed by atoms with Crippen LogP contribution in [0.5, 0.6) is 0 Å². The molecule has 0 saturated carbocycles. The molecule has 108 valence electrons. The SMILES string of the molecule is Cc1ccc(-c2onc(N)c2-c2ccc(C(C)C)cc2)s1. The van der Waals surface area contributed by atoms with Crippen molar-refractivity contribution in [3.8, 4) is 21.8 Å². The Bertz CT molecular complexity index is 753. The molecule has 0 bridgehead atoms. The Morgan fingerprint density at radius 3 is 2.38 bits per heavy atom. The van der Waals surface area contributed by atoms with E-state index in [4.69, 9.17) is 10.3 Å². The second-order valence-electron chi connectivity index (χ2n) is 5.46. The lowest BCUT2D eigenvalue weighted by Gasteiger charge is -2.07. The van der Waals surface area contributed by atoms with Crippen LogP contribution in [-0.4, -0.2) is 5.16 Å². The van der Waals surface area contributed by atoms with Crippen molar-refractivity contribution in [1.29, 1.82) is 0 Å². The highest BCUT2D eigenvalue weighted by molar-refractivity contribution is 7.15. The zero-order chi connectivity index (χ0) is 15.0. The number of benzene rings is 1. The molecule has 21 heavy (non-hydrogen) atoms. The Morgan fingerprint density at radius 1 is 1.10 bits per heavy atom. The summed E-state index contributed by atoms with van der Waals surface area (Å²) in [7, 11) is 0. The molecule has 2 aromatic heterocycles. The van der Waals surface area contributed by atoms with Gasteiger partial charge in [-0.25, -0.2) is 0 Å². The van der Waals surface area contributed by atoms with Gasteiger partial charge in [-0.2, -0.15) is 0 Å². The summed E-state index contributed by atoms with van der Waals surface area (Å²) >= 11 is 1.68. The Balaban J connectivity index is 2.08. The van der Waals surface area contributed by atoms with Gasteiger partial charge in [-0.3, -0.25) is 0 Å². The average molecular weight is 298 g/mol. The minimum absolute atomic E-state index is 0.438. The minimum atomic E-state index is 0.438. The molecule has 0 radical (unpaired) electrons. The summed E-state index contributed by atoms with van der Waals surface area (Å²) in [6.45, 7) is 6.44. The average Bonchev–Trinajstić information content (AvgIpc) is 3.05.